The van der Waals surface area contributed by atoms with Crippen molar-refractivity contribution in [1.29, 1.82) is 0 Å². The van der Waals surface area contributed by atoms with E-state index < -0.39 is 46.1 Å². The van der Waals surface area contributed by atoms with Gasteiger partial charge in [0.1, 0.15) is 18.1 Å². The SMILES string of the molecule is COC(=O)[C@]1(COC(=O)C=Cc2ccccc2)[C@H]2CC[C@H](N(C)[C@@]23O[C@H]3C)[C@@]23Nc4ccccc4[C@]21CC(=O)O3. The molecule has 5 fully saturated rings. The highest BCUT2D eigenvalue weighted by Gasteiger charge is 2.89. The van der Waals surface area contributed by atoms with Crippen LogP contribution in [-0.4, -0.2) is 67.2 Å². The molecule has 1 N–H and O–H groups in total. The molecule has 0 amide bonds. The third kappa shape index (κ3) is 2.86. The van der Waals surface area contributed by atoms with Gasteiger partial charge in [0.15, 0.2) is 5.72 Å². The van der Waals surface area contributed by atoms with Crippen LogP contribution in [0.5, 0.6) is 0 Å². The van der Waals surface area contributed by atoms with Crippen molar-refractivity contribution in [1.82, 2.24) is 4.90 Å². The zero-order valence-electron chi connectivity index (χ0n) is 22.7. The Bertz CT molecular complexity index is 1440. The Balaban J connectivity index is 1.43. The number of carbonyl (C=O) groups is 3. The first-order chi connectivity index (χ1) is 19.3. The van der Waals surface area contributed by atoms with Crippen LogP contribution >= 0.6 is 0 Å². The lowest BCUT2D eigenvalue weighted by Gasteiger charge is -2.50. The minimum Gasteiger partial charge on any atom is -0.468 e. The molecular formula is C31H32N2O7. The molecule has 0 aromatic heterocycles. The number of hydrogen-bond acceptors (Lipinski definition) is 9. The smallest absolute Gasteiger partial charge is 0.330 e. The van der Waals surface area contributed by atoms with Crippen molar-refractivity contribution in [3.8, 4) is 0 Å². The molecule has 0 radical (unpaired) electrons. The van der Waals surface area contributed by atoms with Crippen LogP contribution in [-0.2, 0) is 38.7 Å². The number of fused-ring (bicyclic) bond motifs is 2. The molecule has 1 spiro atoms. The minimum absolute atomic E-state index is 0.0607. The van der Waals surface area contributed by atoms with E-state index in [9.17, 15) is 14.4 Å². The van der Waals surface area contributed by atoms with Crippen LogP contribution in [0.4, 0.5) is 5.69 Å². The number of rotatable bonds is 5. The van der Waals surface area contributed by atoms with Crippen molar-refractivity contribution in [3.63, 3.8) is 0 Å². The number of para-hydroxylation sites is 1. The second-order valence-electron chi connectivity index (χ2n) is 11.5. The molecule has 8 rings (SSSR count). The normalized spacial score (nSPS) is 38.7. The summed E-state index contributed by atoms with van der Waals surface area (Å²) in [6.07, 6.45) is 4.04. The van der Waals surface area contributed by atoms with Gasteiger partial charge in [0.2, 0.25) is 5.72 Å². The third-order valence-corrected chi connectivity index (χ3v) is 10.2. The fraction of sp³-hybridized carbons (Fsp3) is 0.452. The number of anilines is 1. The molecule has 1 aliphatic carbocycles. The topological polar surface area (TPSA) is 107 Å². The van der Waals surface area contributed by atoms with Crippen LogP contribution in [0.25, 0.3) is 6.08 Å². The van der Waals surface area contributed by atoms with Gasteiger partial charge in [0.25, 0.3) is 0 Å². The van der Waals surface area contributed by atoms with Crippen LogP contribution in [0, 0.1) is 11.3 Å². The summed E-state index contributed by atoms with van der Waals surface area (Å²) in [6.45, 7) is 1.69. The Hall–Kier alpha value is -3.69. The molecular weight excluding hydrogens is 512 g/mol. The summed E-state index contributed by atoms with van der Waals surface area (Å²) in [6, 6.07) is 16.8. The third-order valence-electron chi connectivity index (χ3n) is 10.2. The molecule has 0 unspecified atom stereocenters. The summed E-state index contributed by atoms with van der Waals surface area (Å²) in [5, 5.41) is 3.58. The van der Waals surface area contributed by atoms with E-state index in [1.54, 1.807) is 6.08 Å². The standard InChI is InChI=1S/C31H32N2O7/c1-19-30(39-19)23-14-15-24(33(30)2)31-29(17-26(35)40-31,21-11-7-8-12-22(21)32-31)28(23,27(36)37-3)18-38-25(34)16-13-20-9-5-4-6-10-20/h4-13,16,19,23-24,32H,14-15,17-18H2,1-3H3/t19-,23+,24-,28-,29-,30-,31-/m0/s1. The molecule has 9 heteroatoms. The Kier molecular flexibility index (Phi) is 5.32. The monoisotopic (exact) mass is 544 g/mol. The highest BCUT2D eigenvalue weighted by atomic mass is 16.6. The molecule has 5 heterocycles. The fourth-order valence-electron chi connectivity index (χ4n) is 8.72. The van der Waals surface area contributed by atoms with Crippen LogP contribution < -0.4 is 5.32 Å². The number of carbonyl (C=O) groups excluding carboxylic acids is 3. The first-order valence-electron chi connectivity index (χ1n) is 13.8. The van der Waals surface area contributed by atoms with Gasteiger partial charge in [-0.1, -0.05) is 48.5 Å². The van der Waals surface area contributed by atoms with Gasteiger partial charge in [-0.25, -0.2) is 4.79 Å². The van der Waals surface area contributed by atoms with Crippen LogP contribution in [0.3, 0.4) is 0 Å². The van der Waals surface area contributed by atoms with Gasteiger partial charge in [-0.3, -0.25) is 14.5 Å². The van der Waals surface area contributed by atoms with E-state index in [0.29, 0.717) is 12.8 Å². The van der Waals surface area contributed by atoms with Gasteiger partial charge in [0.05, 0.1) is 25.0 Å². The number of piperidine rings is 1. The number of epoxide rings is 1. The number of ether oxygens (including phenoxy) is 4. The van der Waals surface area contributed by atoms with Gasteiger partial charge >= 0.3 is 17.9 Å². The van der Waals surface area contributed by atoms with E-state index in [4.69, 9.17) is 18.9 Å². The molecule has 40 heavy (non-hydrogen) atoms. The maximum absolute atomic E-state index is 14.4. The van der Waals surface area contributed by atoms with E-state index in [1.807, 2.05) is 68.6 Å². The number of hydrogen-bond donors (Lipinski definition) is 1. The summed E-state index contributed by atoms with van der Waals surface area (Å²) in [4.78, 5) is 43.1. The lowest BCUT2D eigenvalue weighted by atomic mass is 9.50. The van der Waals surface area contributed by atoms with Crippen molar-refractivity contribution in [2.75, 3.05) is 26.1 Å². The highest BCUT2D eigenvalue weighted by Crippen LogP contribution is 2.75. The van der Waals surface area contributed by atoms with Crippen LogP contribution in [0.1, 0.15) is 37.3 Å². The molecule has 6 aliphatic rings. The maximum Gasteiger partial charge on any atom is 0.330 e. The summed E-state index contributed by atoms with van der Waals surface area (Å²) in [5.41, 5.74) is -2.36. The van der Waals surface area contributed by atoms with E-state index in [0.717, 1.165) is 16.8 Å². The first kappa shape index (κ1) is 25.3. The van der Waals surface area contributed by atoms with Gasteiger partial charge in [-0.15, -0.1) is 0 Å². The zero-order chi connectivity index (χ0) is 27.9. The molecule has 9 nitrogen and oxygen atoms in total. The predicted molar refractivity (Wildman–Crippen MR) is 144 cm³/mol. The molecule has 1 saturated carbocycles. The van der Waals surface area contributed by atoms with Crippen molar-refractivity contribution in [2.24, 2.45) is 11.3 Å². The van der Waals surface area contributed by atoms with E-state index in [1.165, 1.54) is 13.2 Å². The number of likely N-dealkylation sites (N-methyl/N-ethyl adjacent to an activating group) is 1. The van der Waals surface area contributed by atoms with Gasteiger partial charge < -0.3 is 24.3 Å². The Morgan fingerprint density at radius 1 is 1.12 bits per heavy atom. The molecule has 7 atom stereocenters. The Morgan fingerprint density at radius 2 is 1.85 bits per heavy atom. The molecule has 2 bridgehead atoms. The van der Waals surface area contributed by atoms with Gasteiger partial charge in [-0.05, 0) is 50.1 Å². The average Bonchev–Trinajstić information content (AvgIpc) is 3.45. The number of methoxy groups -OCH3 is 1. The largest absolute Gasteiger partial charge is 0.468 e. The lowest BCUT2D eigenvalue weighted by Crippen LogP contribution is -2.67. The van der Waals surface area contributed by atoms with Crippen molar-refractivity contribution < 1.29 is 33.3 Å². The first-order valence-corrected chi connectivity index (χ1v) is 13.8. The van der Waals surface area contributed by atoms with Crippen molar-refractivity contribution in [2.45, 2.75) is 55.2 Å². The Labute approximate surface area is 232 Å². The quantitative estimate of drug-likeness (QED) is 0.263. The average molecular weight is 545 g/mol. The maximum atomic E-state index is 14.4. The summed E-state index contributed by atoms with van der Waals surface area (Å²) >= 11 is 0. The van der Waals surface area contributed by atoms with Crippen molar-refractivity contribution >= 4 is 29.7 Å². The number of nitrogens with zero attached hydrogens (tertiary/aromatic N) is 1. The highest BCUT2D eigenvalue weighted by molar-refractivity contribution is 5.91. The minimum atomic E-state index is -1.49. The molecule has 2 aromatic rings. The van der Waals surface area contributed by atoms with E-state index in [2.05, 4.69) is 10.2 Å². The van der Waals surface area contributed by atoms with E-state index in [-0.39, 0.29) is 25.2 Å². The fourth-order valence-corrected chi connectivity index (χ4v) is 8.72. The second-order valence-corrected chi connectivity index (χ2v) is 11.5. The lowest BCUT2D eigenvalue weighted by molar-refractivity contribution is -0.182. The number of nitrogens with one attached hydrogen (secondary N) is 1. The molecule has 4 saturated heterocycles. The van der Waals surface area contributed by atoms with Gasteiger partial charge in [0, 0.05) is 17.7 Å². The van der Waals surface area contributed by atoms with Crippen LogP contribution in [0.15, 0.2) is 60.7 Å². The summed E-state index contributed by atoms with van der Waals surface area (Å²) in [5.74, 6) is -2.00. The summed E-state index contributed by atoms with van der Waals surface area (Å²) in [7, 11) is 3.31. The van der Waals surface area contributed by atoms with E-state index >= 15 is 0 Å². The molecule has 5 aliphatic heterocycles. The second kappa shape index (κ2) is 8.41. The predicted octanol–water partition coefficient (Wildman–Crippen LogP) is 3.25. The van der Waals surface area contributed by atoms with Gasteiger partial charge in [-0.2, -0.15) is 0 Å². The number of benzene rings is 2. The zero-order valence-corrected chi connectivity index (χ0v) is 22.7. The molecule has 208 valence electrons. The number of esters is 3. The summed E-state index contributed by atoms with van der Waals surface area (Å²) < 4.78 is 24.3. The Morgan fingerprint density at radius 3 is 2.58 bits per heavy atom. The van der Waals surface area contributed by atoms with Crippen LogP contribution in [0.2, 0.25) is 0 Å². The molecule has 2 aromatic carbocycles. The van der Waals surface area contributed by atoms with Crippen molar-refractivity contribution in [3.05, 3.63) is 71.8 Å².